The van der Waals surface area contributed by atoms with Crippen molar-refractivity contribution in [2.75, 3.05) is 32.8 Å². The first-order valence-corrected chi connectivity index (χ1v) is 5.88. The fourth-order valence-corrected chi connectivity index (χ4v) is 2.36. The molecule has 4 heteroatoms. The minimum Gasteiger partial charge on any atom is -0.377 e. The van der Waals surface area contributed by atoms with Crippen LogP contribution in [0.5, 0.6) is 0 Å². The number of hydrogen-bond donors (Lipinski definition) is 1. The number of piperidine rings is 1. The molecule has 86 valence electrons. The molecule has 0 bridgehead atoms. The van der Waals surface area contributed by atoms with Gasteiger partial charge in [-0.1, -0.05) is 0 Å². The van der Waals surface area contributed by atoms with E-state index in [1.54, 1.807) is 0 Å². The summed E-state index contributed by atoms with van der Waals surface area (Å²) in [6, 6.07) is 0.251. The largest absolute Gasteiger partial charge is 0.377 e. The predicted molar refractivity (Wildman–Crippen MR) is 57.6 cm³/mol. The first kappa shape index (κ1) is 10.9. The van der Waals surface area contributed by atoms with E-state index in [9.17, 15) is 4.79 Å². The number of carbonyl (C=O) groups excluding carboxylic acids is 1. The van der Waals surface area contributed by atoms with Crippen molar-refractivity contribution < 1.29 is 9.53 Å². The lowest BCUT2D eigenvalue weighted by atomic mass is 9.96. The molecule has 0 saturated carbocycles. The first-order chi connectivity index (χ1) is 7.29. The van der Waals surface area contributed by atoms with Crippen LogP contribution < -0.4 is 5.32 Å². The molecule has 0 aromatic rings. The quantitative estimate of drug-likeness (QED) is 0.676. The molecule has 2 aliphatic rings. The van der Waals surface area contributed by atoms with Gasteiger partial charge in [0.1, 0.15) is 0 Å². The maximum absolute atomic E-state index is 12.2. The van der Waals surface area contributed by atoms with E-state index in [1.807, 2.05) is 4.90 Å². The number of amides is 1. The number of ether oxygens (including phenoxy) is 1. The van der Waals surface area contributed by atoms with E-state index in [0.29, 0.717) is 19.1 Å². The smallest absolute Gasteiger partial charge is 0.226 e. The third kappa shape index (κ3) is 2.49. The van der Waals surface area contributed by atoms with Crippen molar-refractivity contribution in [1.29, 1.82) is 0 Å². The molecule has 0 aromatic carbocycles. The maximum atomic E-state index is 12.2. The van der Waals surface area contributed by atoms with Crippen LogP contribution in [0.2, 0.25) is 0 Å². The van der Waals surface area contributed by atoms with Crippen LogP contribution in [0.1, 0.15) is 19.8 Å². The number of nitrogens with zero attached hydrogens (tertiary/aromatic N) is 1. The van der Waals surface area contributed by atoms with Gasteiger partial charge >= 0.3 is 0 Å². The summed E-state index contributed by atoms with van der Waals surface area (Å²) in [5.41, 5.74) is 0. The second-order valence-corrected chi connectivity index (χ2v) is 4.48. The Balaban J connectivity index is 1.92. The summed E-state index contributed by atoms with van der Waals surface area (Å²) in [7, 11) is 0. The second kappa shape index (κ2) is 4.94. The van der Waals surface area contributed by atoms with Crippen LogP contribution in [0.15, 0.2) is 0 Å². The molecule has 0 radical (unpaired) electrons. The lowest BCUT2D eigenvalue weighted by Crippen LogP contribution is -2.50. The number of carbonyl (C=O) groups is 1. The fraction of sp³-hybridized carbons (Fsp3) is 0.909. The summed E-state index contributed by atoms with van der Waals surface area (Å²) >= 11 is 0. The van der Waals surface area contributed by atoms with Gasteiger partial charge in [0.05, 0.1) is 19.3 Å². The van der Waals surface area contributed by atoms with Gasteiger partial charge in [-0.2, -0.15) is 0 Å². The topological polar surface area (TPSA) is 41.6 Å². The second-order valence-electron chi connectivity index (χ2n) is 4.48. The van der Waals surface area contributed by atoms with E-state index in [1.165, 1.54) is 0 Å². The van der Waals surface area contributed by atoms with Crippen molar-refractivity contribution in [3.8, 4) is 0 Å². The molecule has 2 rings (SSSR count). The van der Waals surface area contributed by atoms with Crippen LogP contribution in [0, 0.1) is 5.92 Å². The summed E-state index contributed by atoms with van der Waals surface area (Å²) in [5, 5.41) is 3.29. The molecule has 2 fully saturated rings. The Labute approximate surface area is 91.0 Å². The van der Waals surface area contributed by atoms with Gasteiger partial charge in [-0.25, -0.2) is 0 Å². The number of morpholine rings is 1. The average molecular weight is 212 g/mol. The average Bonchev–Trinajstić information content (AvgIpc) is 2.30. The molecule has 1 amide bonds. The van der Waals surface area contributed by atoms with Crippen molar-refractivity contribution in [3.05, 3.63) is 0 Å². The fourth-order valence-electron chi connectivity index (χ4n) is 2.36. The Morgan fingerprint density at radius 1 is 1.40 bits per heavy atom. The van der Waals surface area contributed by atoms with Crippen molar-refractivity contribution in [2.24, 2.45) is 5.92 Å². The van der Waals surface area contributed by atoms with E-state index in [-0.39, 0.29) is 12.0 Å². The molecule has 15 heavy (non-hydrogen) atoms. The van der Waals surface area contributed by atoms with Crippen LogP contribution in [-0.4, -0.2) is 49.7 Å². The lowest BCUT2D eigenvalue weighted by Gasteiger charge is -2.36. The Bertz CT molecular complexity index is 227. The zero-order valence-electron chi connectivity index (χ0n) is 9.37. The minimum absolute atomic E-state index is 0.242. The Morgan fingerprint density at radius 3 is 2.80 bits per heavy atom. The van der Waals surface area contributed by atoms with Crippen molar-refractivity contribution in [1.82, 2.24) is 10.2 Å². The van der Waals surface area contributed by atoms with E-state index < -0.39 is 0 Å². The highest BCUT2D eigenvalue weighted by atomic mass is 16.5. The molecule has 0 aliphatic carbocycles. The summed E-state index contributed by atoms with van der Waals surface area (Å²) in [4.78, 5) is 14.2. The Kier molecular flexibility index (Phi) is 3.59. The van der Waals surface area contributed by atoms with Gasteiger partial charge in [-0.15, -0.1) is 0 Å². The summed E-state index contributed by atoms with van der Waals surface area (Å²) < 4.78 is 5.34. The standard InChI is InChI=1S/C11H20N2O2/c1-9-8-15-7-6-13(9)11(14)10-2-4-12-5-3-10/h9-10,12H,2-8H2,1H3/t9-/m1/s1. The van der Waals surface area contributed by atoms with Gasteiger partial charge in [0, 0.05) is 12.5 Å². The van der Waals surface area contributed by atoms with Gasteiger partial charge in [0.2, 0.25) is 5.91 Å². The number of nitrogens with one attached hydrogen (secondary N) is 1. The van der Waals surface area contributed by atoms with Crippen molar-refractivity contribution >= 4 is 5.91 Å². The Morgan fingerprint density at radius 2 is 2.13 bits per heavy atom. The van der Waals surface area contributed by atoms with Gasteiger partial charge in [0.25, 0.3) is 0 Å². The van der Waals surface area contributed by atoms with Crippen LogP contribution in [-0.2, 0) is 9.53 Å². The third-order valence-corrected chi connectivity index (χ3v) is 3.34. The highest BCUT2D eigenvalue weighted by Crippen LogP contribution is 2.18. The van der Waals surface area contributed by atoms with Crippen molar-refractivity contribution in [3.63, 3.8) is 0 Å². The molecular formula is C11H20N2O2. The number of rotatable bonds is 1. The molecule has 2 heterocycles. The van der Waals surface area contributed by atoms with Gasteiger partial charge in [0.15, 0.2) is 0 Å². The van der Waals surface area contributed by atoms with E-state index in [2.05, 4.69) is 12.2 Å². The summed E-state index contributed by atoms with van der Waals surface area (Å²) in [6.45, 7) is 6.18. The molecule has 0 spiro atoms. The minimum atomic E-state index is 0.242. The van der Waals surface area contributed by atoms with Crippen LogP contribution in [0.4, 0.5) is 0 Å². The van der Waals surface area contributed by atoms with Crippen LogP contribution in [0.25, 0.3) is 0 Å². The lowest BCUT2D eigenvalue weighted by molar-refractivity contribution is -0.144. The monoisotopic (exact) mass is 212 g/mol. The highest BCUT2D eigenvalue weighted by Gasteiger charge is 2.30. The number of hydrogen-bond acceptors (Lipinski definition) is 3. The zero-order valence-corrected chi connectivity index (χ0v) is 9.37. The van der Waals surface area contributed by atoms with Gasteiger partial charge in [-0.05, 0) is 32.9 Å². The first-order valence-electron chi connectivity index (χ1n) is 5.88. The molecule has 2 aliphatic heterocycles. The predicted octanol–water partition coefficient (Wildman–Crippen LogP) is 0.233. The van der Waals surface area contributed by atoms with Crippen LogP contribution in [0.3, 0.4) is 0 Å². The van der Waals surface area contributed by atoms with Crippen LogP contribution >= 0.6 is 0 Å². The van der Waals surface area contributed by atoms with E-state index in [0.717, 1.165) is 32.5 Å². The summed E-state index contributed by atoms with van der Waals surface area (Å²) in [5.74, 6) is 0.583. The molecule has 4 nitrogen and oxygen atoms in total. The molecule has 2 saturated heterocycles. The molecule has 1 N–H and O–H groups in total. The third-order valence-electron chi connectivity index (χ3n) is 3.34. The van der Waals surface area contributed by atoms with Crippen molar-refractivity contribution in [2.45, 2.75) is 25.8 Å². The zero-order chi connectivity index (χ0) is 10.7. The van der Waals surface area contributed by atoms with Gasteiger partial charge < -0.3 is 15.0 Å². The Hall–Kier alpha value is -0.610. The molecular weight excluding hydrogens is 192 g/mol. The van der Waals surface area contributed by atoms with E-state index in [4.69, 9.17) is 4.74 Å². The molecule has 1 atom stereocenters. The molecule has 0 aromatic heterocycles. The molecule has 0 unspecified atom stereocenters. The SMILES string of the molecule is C[C@@H]1COCCN1C(=O)C1CCNCC1. The normalized spacial score (nSPS) is 29.1. The van der Waals surface area contributed by atoms with Gasteiger partial charge in [-0.3, -0.25) is 4.79 Å². The van der Waals surface area contributed by atoms with E-state index >= 15 is 0 Å². The maximum Gasteiger partial charge on any atom is 0.226 e. The summed E-state index contributed by atoms with van der Waals surface area (Å²) in [6.07, 6.45) is 1.98. The highest BCUT2D eigenvalue weighted by molar-refractivity contribution is 5.79.